The monoisotopic (exact) mass is 338 g/mol. The van der Waals surface area contributed by atoms with Crippen molar-refractivity contribution in [2.24, 2.45) is 0 Å². The molecule has 3 aromatic carbocycles. The second kappa shape index (κ2) is 5.81. The number of para-hydroxylation sites is 1. The number of H-pyrrole nitrogens is 1. The van der Waals surface area contributed by atoms with Gasteiger partial charge in [0.05, 0.1) is 11.4 Å². The van der Waals surface area contributed by atoms with Gasteiger partial charge in [-0.3, -0.25) is 0 Å². The van der Waals surface area contributed by atoms with Crippen LogP contribution in [0.5, 0.6) is 0 Å². The predicted molar refractivity (Wildman–Crippen MR) is 104 cm³/mol. The van der Waals surface area contributed by atoms with Crippen molar-refractivity contribution >= 4 is 21.7 Å². The van der Waals surface area contributed by atoms with E-state index in [1.807, 2.05) is 30.5 Å². The summed E-state index contributed by atoms with van der Waals surface area (Å²) in [5.74, 6) is -0.244. The first-order valence-electron chi connectivity index (χ1n) is 8.52. The van der Waals surface area contributed by atoms with E-state index in [1.54, 1.807) is 12.1 Å². The minimum absolute atomic E-state index is 0.244. The molecule has 1 N–H and O–H groups in total. The van der Waals surface area contributed by atoms with Gasteiger partial charge in [-0.25, -0.2) is 9.37 Å². The molecule has 0 radical (unpaired) electrons. The van der Waals surface area contributed by atoms with E-state index >= 15 is 0 Å². The molecule has 0 amide bonds. The largest absolute Gasteiger partial charge is 0.360 e. The summed E-state index contributed by atoms with van der Waals surface area (Å²) in [6.45, 7) is 0. The first-order chi connectivity index (χ1) is 12.8. The maximum atomic E-state index is 13.3. The van der Waals surface area contributed by atoms with Crippen molar-refractivity contribution in [1.29, 1.82) is 0 Å². The molecule has 0 aliphatic rings. The molecular weight excluding hydrogens is 323 g/mol. The van der Waals surface area contributed by atoms with Crippen molar-refractivity contribution in [3.8, 4) is 22.5 Å². The van der Waals surface area contributed by atoms with E-state index in [2.05, 4.69) is 35.3 Å². The number of nitrogens with one attached hydrogen (secondary N) is 1. The molecule has 0 aliphatic carbocycles. The summed E-state index contributed by atoms with van der Waals surface area (Å²) in [5.41, 5.74) is 4.82. The fourth-order valence-electron chi connectivity index (χ4n) is 3.44. The number of hydrogen-bond donors (Lipinski definition) is 1. The smallest absolute Gasteiger partial charge is 0.123 e. The van der Waals surface area contributed by atoms with Gasteiger partial charge in [0, 0.05) is 33.6 Å². The number of aromatic nitrogens is 2. The van der Waals surface area contributed by atoms with Crippen LogP contribution in [0.3, 0.4) is 0 Å². The van der Waals surface area contributed by atoms with Gasteiger partial charge in [0.25, 0.3) is 0 Å². The Balaban J connectivity index is 1.82. The fraction of sp³-hybridized carbons (Fsp3) is 0. The molecule has 0 saturated heterocycles. The number of hydrogen-bond acceptors (Lipinski definition) is 1. The lowest BCUT2D eigenvalue weighted by molar-refractivity contribution is 0.628. The number of rotatable bonds is 2. The summed E-state index contributed by atoms with van der Waals surface area (Å²) in [6, 6.07) is 25.0. The van der Waals surface area contributed by atoms with Crippen LogP contribution in [0.15, 0.2) is 85.1 Å². The van der Waals surface area contributed by atoms with Crippen LogP contribution >= 0.6 is 0 Å². The summed E-state index contributed by atoms with van der Waals surface area (Å²) >= 11 is 0. The van der Waals surface area contributed by atoms with Gasteiger partial charge < -0.3 is 4.98 Å². The molecule has 0 unspecified atom stereocenters. The predicted octanol–water partition coefficient (Wildman–Crippen LogP) is 6.19. The first-order valence-corrected chi connectivity index (χ1v) is 8.52. The van der Waals surface area contributed by atoms with Crippen molar-refractivity contribution < 1.29 is 4.39 Å². The Labute approximate surface area is 150 Å². The zero-order chi connectivity index (χ0) is 17.5. The van der Waals surface area contributed by atoms with Gasteiger partial charge in [-0.15, -0.1) is 0 Å². The van der Waals surface area contributed by atoms with E-state index < -0.39 is 0 Å². The molecular formula is C23H15FN2. The van der Waals surface area contributed by atoms with Gasteiger partial charge in [0.15, 0.2) is 0 Å². The van der Waals surface area contributed by atoms with Crippen molar-refractivity contribution in [2.45, 2.75) is 0 Å². The van der Waals surface area contributed by atoms with Crippen LogP contribution in [0.1, 0.15) is 0 Å². The van der Waals surface area contributed by atoms with E-state index in [9.17, 15) is 4.39 Å². The number of benzene rings is 3. The highest BCUT2D eigenvalue weighted by Crippen LogP contribution is 2.34. The van der Waals surface area contributed by atoms with Crippen molar-refractivity contribution in [1.82, 2.24) is 9.97 Å². The van der Waals surface area contributed by atoms with Gasteiger partial charge in [0.1, 0.15) is 5.82 Å². The highest BCUT2D eigenvalue weighted by molar-refractivity contribution is 6.04. The molecule has 0 bridgehead atoms. The van der Waals surface area contributed by atoms with Gasteiger partial charge in [-0.2, -0.15) is 0 Å². The SMILES string of the molecule is Fc1ccc(-c2cc3ccccc3c(-c3c[nH]c4ccccc34)n2)cc1. The zero-order valence-corrected chi connectivity index (χ0v) is 13.9. The van der Waals surface area contributed by atoms with Crippen molar-refractivity contribution in [3.05, 3.63) is 90.9 Å². The number of pyridine rings is 1. The van der Waals surface area contributed by atoms with E-state index in [0.29, 0.717) is 0 Å². The maximum absolute atomic E-state index is 13.3. The number of fused-ring (bicyclic) bond motifs is 2. The van der Waals surface area contributed by atoms with Gasteiger partial charge >= 0.3 is 0 Å². The molecule has 0 spiro atoms. The lowest BCUT2D eigenvalue weighted by Crippen LogP contribution is -1.91. The van der Waals surface area contributed by atoms with Crippen molar-refractivity contribution in [3.63, 3.8) is 0 Å². The third-order valence-electron chi connectivity index (χ3n) is 4.72. The van der Waals surface area contributed by atoms with E-state index in [4.69, 9.17) is 4.98 Å². The minimum atomic E-state index is -0.244. The summed E-state index contributed by atoms with van der Waals surface area (Å²) in [6.07, 6.45) is 2.01. The lowest BCUT2D eigenvalue weighted by atomic mass is 10.0. The number of halogens is 1. The Bertz CT molecular complexity index is 1240. The molecule has 2 heterocycles. The van der Waals surface area contributed by atoms with Gasteiger partial charge in [-0.05, 0) is 41.8 Å². The average Bonchev–Trinajstić information content (AvgIpc) is 3.12. The molecule has 5 aromatic rings. The topological polar surface area (TPSA) is 28.7 Å². The second-order valence-electron chi connectivity index (χ2n) is 6.33. The van der Waals surface area contributed by atoms with Crippen molar-refractivity contribution in [2.75, 3.05) is 0 Å². The maximum Gasteiger partial charge on any atom is 0.123 e. The van der Waals surface area contributed by atoms with Crippen LogP contribution in [0.2, 0.25) is 0 Å². The molecule has 0 fully saturated rings. The summed E-state index contributed by atoms with van der Waals surface area (Å²) < 4.78 is 13.3. The average molecular weight is 338 g/mol. The van der Waals surface area contributed by atoms with E-state index in [0.717, 1.165) is 44.2 Å². The van der Waals surface area contributed by atoms with Crippen LogP contribution in [-0.2, 0) is 0 Å². The van der Waals surface area contributed by atoms with Crippen LogP contribution < -0.4 is 0 Å². The Morgan fingerprint density at radius 3 is 2.35 bits per heavy atom. The highest BCUT2D eigenvalue weighted by Gasteiger charge is 2.13. The minimum Gasteiger partial charge on any atom is -0.360 e. The van der Waals surface area contributed by atoms with Crippen LogP contribution in [0, 0.1) is 5.82 Å². The molecule has 2 aromatic heterocycles. The molecule has 2 nitrogen and oxygen atoms in total. The summed E-state index contributed by atoms with van der Waals surface area (Å²) in [5, 5.41) is 3.35. The van der Waals surface area contributed by atoms with Gasteiger partial charge in [0.2, 0.25) is 0 Å². The third kappa shape index (κ3) is 2.37. The molecule has 5 rings (SSSR count). The third-order valence-corrected chi connectivity index (χ3v) is 4.72. The molecule has 3 heteroatoms. The normalized spacial score (nSPS) is 11.3. The van der Waals surface area contributed by atoms with E-state index in [-0.39, 0.29) is 5.82 Å². The Morgan fingerprint density at radius 1 is 0.769 bits per heavy atom. The second-order valence-corrected chi connectivity index (χ2v) is 6.33. The number of aromatic amines is 1. The number of nitrogens with zero attached hydrogens (tertiary/aromatic N) is 1. The van der Waals surface area contributed by atoms with Crippen LogP contribution in [-0.4, -0.2) is 9.97 Å². The lowest BCUT2D eigenvalue weighted by Gasteiger charge is -2.09. The van der Waals surface area contributed by atoms with Crippen LogP contribution in [0.4, 0.5) is 4.39 Å². The molecule has 124 valence electrons. The molecule has 0 aliphatic heterocycles. The van der Waals surface area contributed by atoms with Crippen LogP contribution in [0.25, 0.3) is 44.2 Å². The highest BCUT2D eigenvalue weighted by atomic mass is 19.1. The zero-order valence-electron chi connectivity index (χ0n) is 13.9. The summed E-state index contributed by atoms with van der Waals surface area (Å²) in [7, 11) is 0. The summed E-state index contributed by atoms with van der Waals surface area (Å²) in [4.78, 5) is 8.28. The Morgan fingerprint density at radius 2 is 1.50 bits per heavy atom. The Hall–Kier alpha value is -3.46. The quantitative estimate of drug-likeness (QED) is 0.408. The van der Waals surface area contributed by atoms with Gasteiger partial charge in [-0.1, -0.05) is 42.5 Å². The standard InChI is InChI=1S/C23H15FN2/c24-17-11-9-15(10-12-17)22-13-16-5-1-2-6-18(16)23(26-22)20-14-25-21-8-4-3-7-19(20)21/h1-14,25H. The molecule has 26 heavy (non-hydrogen) atoms. The molecule has 0 atom stereocenters. The van der Waals surface area contributed by atoms with E-state index in [1.165, 1.54) is 12.1 Å². The Kier molecular flexibility index (Phi) is 3.32. The first kappa shape index (κ1) is 14.8. The molecule has 0 saturated carbocycles. The fourth-order valence-corrected chi connectivity index (χ4v) is 3.44.